The second-order valence-electron chi connectivity index (χ2n) is 8.56. The first kappa shape index (κ1) is 23.8. The molecule has 2 aromatic rings. The summed E-state index contributed by atoms with van der Waals surface area (Å²) >= 11 is 0. The normalized spacial score (nSPS) is 19.8. The number of likely N-dealkylation sites (N-methyl/N-ethyl adjacent to an activating group) is 1. The highest BCUT2D eigenvalue weighted by atomic mass is 19.1. The maximum atomic E-state index is 14.4. The first-order valence-corrected chi connectivity index (χ1v) is 10.4. The molecule has 0 spiro atoms. The fraction of sp³-hybridized carbons (Fsp3) is 0.500. The minimum atomic E-state index is -1.84. The van der Waals surface area contributed by atoms with Crippen LogP contribution in [-0.4, -0.2) is 69.1 Å². The third kappa shape index (κ3) is 4.97. The van der Waals surface area contributed by atoms with Crippen molar-refractivity contribution in [3.05, 3.63) is 41.8 Å². The SMILES string of the molecule is CNC(C(=O)N1C[C@H](O)C[C@H]1C(=O)NCc1ccc(-c2c(F)cnn2C)cc1)C(C)(C)F. The van der Waals surface area contributed by atoms with E-state index in [0.717, 1.165) is 11.8 Å². The molecule has 1 unspecified atom stereocenters. The van der Waals surface area contributed by atoms with Crippen LogP contribution < -0.4 is 10.6 Å². The van der Waals surface area contributed by atoms with Crippen LogP contribution in [0.1, 0.15) is 25.8 Å². The molecule has 2 heterocycles. The van der Waals surface area contributed by atoms with Crippen molar-refractivity contribution in [2.75, 3.05) is 13.6 Å². The maximum Gasteiger partial charge on any atom is 0.243 e. The van der Waals surface area contributed by atoms with Crippen LogP contribution >= 0.6 is 0 Å². The lowest BCUT2D eigenvalue weighted by Gasteiger charge is -2.32. The summed E-state index contributed by atoms with van der Waals surface area (Å²) in [6, 6.07) is 4.96. The monoisotopic (exact) mass is 449 g/mol. The Morgan fingerprint density at radius 3 is 2.50 bits per heavy atom. The van der Waals surface area contributed by atoms with E-state index in [1.54, 1.807) is 31.3 Å². The number of likely N-dealkylation sites (tertiary alicyclic amines) is 1. The summed E-state index contributed by atoms with van der Waals surface area (Å²) in [5, 5.41) is 19.4. The third-order valence-corrected chi connectivity index (χ3v) is 5.68. The van der Waals surface area contributed by atoms with Gasteiger partial charge in [-0.05, 0) is 26.5 Å². The fourth-order valence-electron chi connectivity index (χ4n) is 4.05. The lowest BCUT2D eigenvalue weighted by molar-refractivity contribution is -0.142. The Labute approximate surface area is 185 Å². The van der Waals surface area contributed by atoms with Gasteiger partial charge in [0.2, 0.25) is 11.8 Å². The third-order valence-electron chi connectivity index (χ3n) is 5.68. The predicted octanol–water partition coefficient (Wildman–Crippen LogP) is 1.14. The number of aromatic nitrogens is 2. The zero-order valence-corrected chi connectivity index (χ0v) is 18.6. The molecular formula is C22H29F2N5O3. The zero-order valence-electron chi connectivity index (χ0n) is 18.6. The van der Waals surface area contributed by atoms with Crippen LogP contribution in [-0.2, 0) is 23.2 Å². The average molecular weight is 450 g/mol. The van der Waals surface area contributed by atoms with Gasteiger partial charge in [-0.3, -0.25) is 14.3 Å². The molecule has 0 radical (unpaired) electrons. The molecule has 3 rings (SSSR count). The number of carbonyl (C=O) groups excluding carboxylic acids is 2. The number of β-amino-alcohol motifs (C(OH)–C–C–N with tert-alkyl or cyclic N) is 1. The van der Waals surface area contributed by atoms with E-state index in [-0.39, 0.29) is 19.5 Å². The highest BCUT2D eigenvalue weighted by Crippen LogP contribution is 2.24. The molecular weight excluding hydrogens is 420 g/mol. The fourth-order valence-corrected chi connectivity index (χ4v) is 4.05. The summed E-state index contributed by atoms with van der Waals surface area (Å²) in [7, 11) is 3.13. The van der Waals surface area contributed by atoms with Crippen LogP contribution in [0.25, 0.3) is 11.3 Å². The molecule has 1 aromatic heterocycles. The van der Waals surface area contributed by atoms with E-state index >= 15 is 0 Å². The van der Waals surface area contributed by atoms with Gasteiger partial charge >= 0.3 is 0 Å². The Hall–Kier alpha value is -2.85. The molecule has 1 saturated heterocycles. The quantitative estimate of drug-likeness (QED) is 0.589. The molecule has 2 amide bonds. The van der Waals surface area contributed by atoms with Crippen LogP contribution in [0.4, 0.5) is 8.78 Å². The van der Waals surface area contributed by atoms with E-state index < -0.39 is 41.5 Å². The van der Waals surface area contributed by atoms with Crippen molar-refractivity contribution in [1.82, 2.24) is 25.3 Å². The van der Waals surface area contributed by atoms with Crippen LogP contribution in [0.5, 0.6) is 0 Å². The molecule has 3 atom stereocenters. The number of aliphatic hydroxyl groups excluding tert-OH is 1. The molecule has 10 heteroatoms. The second-order valence-corrected chi connectivity index (χ2v) is 8.56. The maximum absolute atomic E-state index is 14.4. The molecule has 1 fully saturated rings. The molecule has 8 nitrogen and oxygen atoms in total. The number of carbonyl (C=O) groups is 2. The van der Waals surface area contributed by atoms with Gasteiger partial charge in [-0.25, -0.2) is 8.78 Å². The Bertz CT molecular complexity index is 951. The van der Waals surface area contributed by atoms with Crippen molar-refractivity contribution >= 4 is 11.8 Å². The number of benzene rings is 1. The number of aliphatic hydroxyl groups is 1. The summed E-state index contributed by atoms with van der Waals surface area (Å²) < 4.78 is 29.8. The molecule has 1 aliphatic heterocycles. The first-order chi connectivity index (χ1) is 15.0. The van der Waals surface area contributed by atoms with Gasteiger partial charge in [0, 0.05) is 32.1 Å². The number of hydrogen-bond acceptors (Lipinski definition) is 5. The van der Waals surface area contributed by atoms with Gasteiger partial charge in [-0.15, -0.1) is 0 Å². The highest BCUT2D eigenvalue weighted by molar-refractivity contribution is 5.91. The molecule has 174 valence electrons. The number of alkyl halides is 1. The number of rotatable bonds is 7. The van der Waals surface area contributed by atoms with Gasteiger partial charge in [0.25, 0.3) is 0 Å². The number of amides is 2. The van der Waals surface area contributed by atoms with Crippen LogP contribution in [0.3, 0.4) is 0 Å². The van der Waals surface area contributed by atoms with Gasteiger partial charge in [-0.1, -0.05) is 24.3 Å². The Balaban J connectivity index is 1.66. The Kier molecular flexibility index (Phi) is 6.94. The topological polar surface area (TPSA) is 99.5 Å². The number of nitrogens with one attached hydrogen (secondary N) is 2. The highest BCUT2D eigenvalue weighted by Gasteiger charge is 2.44. The molecule has 0 saturated carbocycles. The summed E-state index contributed by atoms with van der Waals surface area (Å²) in [5.74, 6) is -1.42. The van der Waals surface area contributed by atoms with Crippen LogP contribution in [0.15, 0.2) is 30.5 Å². The number of halogens is 2. The summed E-state index contributed by atoms with van der Waals surface area (Å²) in [6.45, 7) is 2.73. The summed E-state index contributed by atoms with van der Waals surface area (Å²) in [6.07, 6.45) is 0.372. The predicted molar refractivity (Wildman–Crippen MR) is 115 cm³/mol. The molecule has 32 heavy (non-hydrogen) atoms. The largest absolute Gasteiger partial charge is 0.391 e. The minimum absolute atomic E-state index is 0.0316. The van der Waals surface area contributed by atoms with Gasteiger partial charge in [-0.2, -0.15) is 5.10 Å². The van der Waals surface area contributed by atoms with Crippen molar-refractivity contribution in [1.29, 1.82) is 0 Å². The van der Waals surface area contributed by atoms with E-state index in [2.05, 4.69) is 15.7 Å². The van der Waals surface area contributed by atoms with Gasteiger partial charge in [0.1, 0.15) is 23.4 Å². The number of aryl methyl sites for hydroxylation is 1. The minimum Gasteiger partial charge on any atom is -0.391 e. The van der Waals surface area contributed by atoms with Crippen LogP contribution in [0, 0.1) is 5.82 Å². The lowest BCUT2D eigenvalue weighted by atomic mass is 9.99. The van der Waals surface area contributed by atoms with Crippen LogP contribution in [0.2, 0.25) is 0 Å². The standard InChI is InChI=1S/C22H29F2N5O3/c1-22(2,24)19(25-3)21(32)29-12-15(30)9-17(29)20(31)26-10-13-5-7-14(8-6-13)18-16(23)11-27-28(18)4/h5-8,11,15,17,19,25,30H,9-10,12H2,1-4H3,(H,26,31)/t15-,17+,19?/m1/s1. The molecule has 0 aliphatic carbocycles. The van der Waals surface area contributed by atoms with Crippen molar-refractivity contribution in [3.63, 3.8) is 0 Å². The summed E-state index contributed by atoms with van der Waals surface area (Å²) in [5.41, 5.74) is -0.0426. The van der Waals surface area contributed by atoms with Gasteiger partial charge in [0.05, 0.1) is 12.3 Å². The number of nitrogens with zero attached hydrogens (tertiary/aromatic N) is 3. The van der Waals surface area contributed by atoms with E-state index in [4.69, 9.17) is 0 Å². The van der Waals surface area contributed by atoms with Gasteiger partial charge in [0.15, 0.2) is 5.82 Å². The van der Waals surface area contributed by atoms with E-state index in [1.807, 2.05) is 0 Å². The second kappa shape index (κ2) is 9.33. The van der Waals surface area contributed by atoms with Crippen molar-refractivity contribution in [2.45, 2.75) is 50.7 Å². The van der Waals surface area contributed by atoms with E-state index in [1.165, 1.54) is 30.5 Å². The Morgan fingerprint density at radius 2 is 1.97 bits per heavy atom. The molecule has 0 bridgehead atoms. The smallest absolute Gasteiger partial charge is 0.243 e. The molecule has 3 N–H and O–H groups in total. The zero-order chi connectivity index (χ0) is 23.6. The van der Waals surface area contributed by atoms with Crippen molar-refractivity contribution in [2.24, 2.45) is 7.05 Å². The van der Waals surface area contributed by atoms with Gasteiger partial charge < -0.3 is 20.6 Å². The average Bonchev–Trinajstić information content (AvgIpc) is 3.28. The van der Waals surface area contributed by atoms with E-state index in [9.17, 15) is 23.5 Å². The molecule has 1 aliphatic rings. The molecule has 1 aromatic carbocycles. The van der Waals surface area contributed by atoms with Crippen molar-refractivity contribution < 1.29 is 23.5 Å². The van der Waals surface area contributed by atoms with E-state index in [0.29, 0.717) is 11.3 Å². The van der Waals surface area contributed by atoms with Crippen molar-refractivity contribution in [3.8, 4) is 11.3 Å². The summed E-state index contributed by atoms with van der Waals surface area (Å²) in [4.78, 5) is 26.9. The number of hydrogen-bond donors (Lipinski definition) is 3. The first-order valence-electron chi connectivity index (χ1n) is 10.4. The lowest BCUT2D eigenvalue weighted by Crippen LogP contribution is -2.57. The Morgan fingerprint density at radius 1 is 1.31 bits per heavy atom.